The molecule has 38 heavy (non-hydrogen) atoms. The lowest BCUT2D eigenvalue weighted by atomic mass is 9.83. The predicted molar refractivity (Wildman–Crippen MR) is 142 cm³/mol. The minimum atomic E-state index is -1.14. The van der Waals surface area contributed by atoms with Crippen LogP contribution in [0.1, 0.15) is 61.9 Å². The molecule has 200 valence electrons. The standard InChI is InChI=1S/C27H31ClN6O4/c1-15-5-7-16(8-6-15)14-34-21-20(18-3-2-4-19(28)13-18)31-25(23(29)38-27(30)36)32-24(21)33-26(34)22(35)17-9-11-37-12-10-17/h2-4,13,15-17,29H,5-12,14H2,1H3,(H2,30,36). The van der Waals surface area contributed by atoms with Crippen molar-refractivity contribution in [2.45, 2.75) is 52.0 Å². The van der Waals surface area contributed by atoms with Crippen molar-refractivity contribution >= 4 is 40.5 Å². The minimum Gasteiger partial charge on any atom is -0.388 e. The maximum atomic E-state index is 13.8. The van der Waals surface area contributed by atoms with Crippen molar-refractivity contribution in [3.8, 4) is 11.3 Å². The Morgan fingerprint density at radius 2 is 1.87 bits per heavy atom. The second-order valence-electron chi connectivity index (χ2n) is 10.3. The minimum absolute atomic E-state index is 0.0439. The van der Waals surface area contributed by atoms with Crippen LogP contribution in [0.15, 0.2) is 24.3 Å². The molecular weight excluding hydrogens is 508 g/mol. The van der Waals surface area contributed by atoms with Crippen LogP contribution >= 0.6 is 11.6 Å². The quantitative estimate of drug-likeness (QED) is 0.255. The SMILES string of the molecule is CC1CCC(Cn2c(C(=O)C3CCOCC3)nc3nc(C(=N)OC(N)=O)nc(-c4cccc(Cl)c4)c32)CC1. The number of carbonyl (C=O) groups excluding carboxylic acids is 2. The monoisotopic (exact) mass is 538 g/mol. The lowest BCUT2D eigenvalue weighted by Crippen LogP contribution is -2.27. The molecule has 0 radical (unpaired) electrons. The van der Waals surface area contributed by atoms with E-state index in [2.05, 4.69) is 16.9 Å². The van der Waals surface area contributed by atoms with Gasteiger partial charge in [0.2, 0.25) is 11.6 Å². The summed E-state index contributed by atoms with van der Waals surface area (Å²) in [5.74, 6) is 0.416. The number of nitrogens with two attached hydrogens (primary N) is 1. The molecule has 0 unspecified atom stereocenters. The number of aromatic nitrogens is 4. The molecule has 1 saturated carbocycles. The van der Waals surface area contributed by atoms with Gasteiger partial charge in [-0.2, -0.15) is 0 Å². The van der Waals surface area contributed by atoms with Gasteiger partial charge >= 0.3 is 6.09 Å². The number of nitrogens with one attached hydrogen (secondary N) is 1. The number of fused-ring (bicyclic) bond motifs is 1. The first-order valence-electron chi connectivity index (χ1n) is 13.0. The molecule has 2 fully saturated rings. The van der Waals surface area contributed by atoms with Gasteiger partial charge in [-0.3, -0.25) is 10.2 Å². The van der Waals surface area contributed by atoms with Crippen molar-refractivity contribution in [1.82, 2.24) is 19.5 Å². The Morgan fingerprint density at radius 3 is 2.55 bits per heavy atom. The lowest BCUT2D eigenvalue weighted by Gasteiger charge is -2.27. The molecule has 3 N–H and O–H groups in total. The molecule has 2 aliphatic rings. The van der Waals surface area contributed by atoms with Crippen molar-refractivity contribution in [2.75, 3.05) is 13.2 Å². The van der Waals surface area contributed by atoms with Crippen LogP contribution in [0.3, 0.4) is 0 Å². The summed E-state index contributed by atoms with van der Waals surface area (Å²) >= 11 is 6.32. The van der Waals surface area contributed by atoms with Gasteiger partial charge in [-0.1, -0.05) is 43.5 Å². The zero-order chi connectivity index (χ0) is 26.8. The fourth-order valence-corrected chi connectivity index (χ4v) is 5.59. The zero-order valence-electron chi connectivity index (χ0n) is 21.3. The zero-order valence-corrected chi connectivity index (χ0v) is 22.0. The van der Waals surface area contributed by atoms with E-state index in [4.69, 9.17) is 37.2 Å². The highest BCUT2D eigenvalue weighted by Crippen LogP contribution is 2.34. The number of amides is 1. The van der Waals surface area contributed by atoms with Gasteiger partial charge < -0.3 is 19.8 Å². The number of hydrogen-bond acceptors (Lipinski definition) is 8. The van der Waals surface area contributed by atoms with E-state index in [1.54, 1.807) is 18.2 Å². The second kappa shape index (κ2) is 11.2. The largest absolute Gasteiger partial charge is 0.411 e. The summed E-state index contributed by atoms with van der Waals surface area (Å²) in [6, 6.07) is 7.15. The number of Topliss-reactive ketones (excluding diaryl/α,β-unsaturated/α-hetero) is 1. The van der Waals surface area contributed by atoms with Gasteiger partial charge in [0, 0.05) is 36.3 Å². The number of ether oxygens (including phenoxy) is 2. The van der Waals surface area contributed by atoms with E-state index >= 15 is 0 Å². The normalized spacial score (nSPS) is 20.4. The van der Waals surface area contributed by atoms with E-state index < -0.39 is 12.0 Å². The van der Waals surface area contributed by atoms with E-state index in [9.17, 15) is 9.59 Å². The summed E-state index contributed by atoms with van der Waals surface area (Å²) in [6.45, 7) is 3.96. The maximum Gasteiger partial charge on any atom is 0.411 e. The van der Waals surface area contributed by atoms with Crippen molar-refractivity contribution in [3.05, 3.63) is 40.9 Å². The molecule has 0 atom stereocenters. The summed E-state index contributed by atoms with van der Waals surface area (Å²) < 4.78 is 12.2. The molecule has 10 nitrogen and oxygen atoms in total. The Balaban J connectivity index is 1.70. The van der Waals surface area contributed by atoms with E-state index in [-0.39, 0.29) is 23.2 Å². The van der Waals surface area contributed by atoms with Gasteiger partial charge in [0.15, 0.2) is 11.5 Å². The first kappa shape index (κ1) is 26.2. The average molecular weight is 539 g/mol. The Labute approximate surface area is 225 Å². The van der Waals surface area contributed by atoms with Crippen molar-refractivity contribution in [2.24, 2.45) is 23.5 Å². The summed E-state index contributed by atoms with van der Waals surface area (Å²) in [4.78, 5) is 38.9. The van der Waals surface area contributed by atoms with Gasteiger partial charge in [-0.25, -0.2) is 19.7 Å². The smallest absolute Gasteiger partial charge is 0.388 e. The van der Waals surface area contributed by atoms with Crippen LogP contribution in [0, 0.1) is 23.2 Å². The molecule has 3 aromatic rings. The Hall–Kier alpha value is -3.37. The van der Waals surface area contributed by atoms with E-state index in [0.717, 1.165) is 25.7 Å². The van der Waals surface area contributed by atoms with Gasteiger partial charge in [0.25, 0.3) is 5.90 Å². The molecule has 1 aliphatic carbocycles. The first-order chi connectivity index (χ1) is 18.3. The molecule has 0 spiro atoms. The third-order valence-electron chi connectivity index (χ3n) is 7.50. The number of ketones is 1. The number of primary amides is 1. The third-order valence-corrected chi connectivity index (χ3v) is 7.73. The average Bonchev–Trinajstić information content (AvgIpc) is 3.27. The molecule has 5 rings (SSSR count). The van der Waals surface area contributed by atoms with Crippen LogP contribution in [0.4, 0.5) is 4.79 Å². The number of imidazole rings is 1. The first-order valence-corrected chi connectivity index (χ1v) is 13.4. The summed E-state index contributed by atoms with van der Waals surface area (Å²) in [5.41, 5.74) is 7.09. The van der Waals surface area contributed by atoms with Gasteiger partial charge in [-0.05, 0) is 49.7 Å². The van der Waals surface area contributed by atoms with E-state index in [1.165, 1.54) is 0 Å². The number of carbonyl (C=O) groups is 2. The van der Waals surface area contributed by atoms with Crippen LogP contribution in [0.25, 0.3) is 22.4 Å². The fourth-order valence-electron chi connectivity index (χ4n) is 5.40. The number of rotatable bonds is 6. The highest BCUT2D eigenvalue weighted by atomic mass is 35.5. The summed E-state index contributed by atoms with van der Waals surface area (Å²) in [6.07, 6.45) is 4.54. The van der Waals surface area contributed by atoms with Crippen LogP contribution in [0.2, 0.25) is 5.02 Å². The van der Waals surface area contributed by atoms with E-state index in [1.807, 2.05) is 10.6 Å². The van der Waals surface area contributed by atoms with Crippen molar-refractivity contribution in [3.63, 3.8) is 0 Å². The van der Waals surface area contributed by atoms with Gasteiger partial charge in [0.05, 0.1) is 0 Å². The number of nitrogens with zero attached hydrogens (tertiary/aromatic N) is 4. The Bertz CT molecular complexity index is 1380. The molecule has 11 heteroatoms. The molecule has 1 amide bonds. The topological polar surface area (TPSA) is 146 Å². The molecule has 0 bridgehead atoms. The van der Waals surface area contributed by atoms with Crippen molar-refractivity contribution < 1.29 is 19.1 Å². The second-order valence-corrected chi connectivity index (χ2v) is 10.7. The highest BCUT2D eigenvalue weighted by Gasteiger charge is 2.31. The lowest BCUT2D eigenvalue weighted by molar-refractivity contribution is 0.0534. The number of halogens is 1. The number of benzene rings is 1. The summed E-state index contributed by atoms with van der Waals surface area (Å²) in [5, 5.41) is 8.68. The number of hydrogen-bond donors (Lipinski definition) is 2. The van der Waals surface area contributed by atoms with Gasteiger partial charge in [0.1, 0.15) is 11.2 Å². The van der Waals surface area contributed by atoms with Crippen LogP contribution in [-0.2, 0) is 16.0 Å². The Morgan fingerprint density at radius 1 is 1.13 bits per heavy atom. The molecular formula is C27H31ClN6O4. The predicted octanol–water partition coefficient (Wildman–Crippen LogP) is 5.00. The highest BCUT2D eigenvalue weighted by molar-refractivity contribution is 6.30. The molecule has 1 aliphatic heterocycles. The third kappa shape index (κ3) is 5.56. The fraction of sp³-hybridized carbons (Fsp3) is 0.481. The summed E-state index contributed by atoms with van der Waals surface area (Å²) in [7, 11) is 0. The van der Waals surface area contributed by atoms with Crippen LogP contribution < -0.4 is 5.73 Å². The van der Waals surface area contributed by atoms with Crippen LogP contribution in [-0.4, -0.2) is 50.5 Å². The van der Waals surface area contributed by atoms with Crippen LogP contribution in [0.5, 0.6) is 0 Å². The van der Waals surface area contributed by atoms with E-state index in [0.29, 0.717) is 72.1 Å². The van der Waals surface area contributed by atoms with Crippen molar-refractivity contribution in [1.29, 1.82) is 5.41 Å². The van der Waals surface area contributed by atoms with Gasteiger partial charge in [-0.15, -0.1) is 0 Å². The molecule has 3 heterocycles. The molecule has 1 aromatic carbocycles. The molecule has 1 saturated heterocycles. The maximum absolute atomic E-state index is 13.8. The molecule has 2 aromatic heterocycles. The Kier molecular flexibility index (Phi) is 7.71.